The molecule has 5 rings (SSSR count). The van der Waals surface area contributed by atoms with Crippen LogP contribution in [0.25, 0.3) is 11.3 Å². The Bertz CT molecular complexity index is 1960. The number of aromatic carboxylic acids is 1. The maximum atomic E-state index is 14.7. The van der Waals surface area contributed by atoms with Crippen LogP contribution in [0.4, 0.5) is 11.8 Å². The minimum absolute atomic E-state index is 0.0508. The van der Waals surface area contributed by atoms with E-state index in [9.17, 15) is 14.1 Å². The van der Waals surface area contributed by atoms with Crippen LogP contribution in [0, 0.1) is 19.3 Å². The number of nitrogens with zero attached hydrogens (tertiary/aromatic N) is 5. The molecule has 0 aliphatic heterocycles. The number of carbonyl (C=O) groups is 1. The summed E-state index contributed by atoms with van der Waals surface area (Å²) in [4.78, 5) is 33.7. The van der Waals surface area contributed by atoms with Gasteiger partial charge in [0.2, 0.25) is 5.95 Å². The Morgan fingerprint density at radius 1 is 1.06 bits per heavy atom. The zero-order valence-electron chi connectivity index (χ0n) is 32.1. The van der Waals surface area contributed by atoms with E-state index in [4.69, 9.17) is 19.7 Å². The van der Waals surface area contributed by atoms with Gasteiger partial charge in [0, 0.05) is 54.8 Å². The van der Waals surface area contributed by atoms with E-state index in [1.807, 2.05) is 44.4 Å². The van der Waals surface area contributed by atoms with Gasteiger partial charge in [0.15, 0.2) is 5.75 Å². The predicted molar refractivity (Wildman–Crippen MR) is 210 cm³/mol. The number of hydrogen-bond donors (Lipinski definition) is 3. The van der Waals surface area contributed by atoms with E-state index in [1.54, 1.807) is 31.8 Å². The summed E-state index contributed by atoms with van der Waals surface area (Å²) in [6, 6.07) is 12.9. The standard InChI is InChI=1S/C40H55N7O4S/c1-26-13-10-14-27(2)35(26)36-37(51-7)33(44-39(45-36)46-52(8,9,50)32-18-11-15-28(21-32)38(48)49)20-19-29(22-40(3,4)5)42-24-30-23-41-25-34(43-30)47(6)31-16-12-17-31/h10-11,13-15,18,21,23,25,29,31,42H,12,16-17,19-20,22,24H2,1-9H3,(H,48,49)(H,44,45,46,50)/t29-/m0/s1. The molecule has 2 aromatic carbocycles. The van der Waals surface area contributed by atoms with E-state index in [2.05, 4.69) is 47.7 Å². The van der Waals surface area contributed by atoms with Gasteiger partial charge in [-0.25, -0.2) is 19.7 Å². The number of aryl methyl sites for hydroxylation is 3. The lowest BCUT2D eigenvalue weighted by molar-refractivity contribution is 0.0696. The normalized spacial score (nSPS) is 14.9. The molecule has 1 aliphatic rings. The molecule has 0 radical (unpaired) electrons. The van der Waals surface area contributed by atoms with Gasteiger partial charge in [-0.15, -0.1) is 0 Å². The Kier molecular flexibility index (Phi) is 11.4. The molecule has 0 saturated heterocycles. The van der Waals surface area contributed by atoms with Gasteiger partial charge in [-0.05, 0) is 96.4 Å². The van der Waals surface area contributed by atoms with Crippen molar-refractivity contribution in [3.8, 4) is 17.0 Å². The number of carboxylic acids is 1. The van der Waals surface area contributed by atoms with Gasteiger partial charge in [-0.1, -0.05) is 45.0 Å². The highest BCUT2D eigenvalue weighted by Crippen LogP contribution is 2.39. The second kappa shape index (κ2) is 15.3. The first-order chi connectivity index (χ1) is 24.4. The molecule has 12 heteroatoms. The minimum Gasteiger partial charge on any atom is -0.493 e. The van der Waals surface area contributed by atoms with Gasteiger partial charge >= 0.3 is 5.97 Å². The molecule has 0 bridgehead atoms. The lowest BCUT2D eigenvalue weighted by atomic mass is 9.86. The van der Waals surface area contributed by atoms with Gasteiger partial charge in [0.25, 0.3) is 0 Å². The second-order valence-electron chi connectivity index (χ2n) is 15.8. The monoisotopic (exact) mass is 729 g/mol. The van der Waals surface area contributed by atoms with Crippen LogP contribution in [-0.4, -0.2) is 74.0 Å². The summed E-state index contributed by atoms with van der Waals surface area (Å²) < 4.78 is 24.0. The molecule has 2 aromatic heterocycles. The topological polar surface area (TPSA) is 142 Å². The average Bonchev–Trinajstić information content (AvgIpc) is 3.04. The lowest BCUT2D eigenvalue weighted by Gasteiger charge is -2.36. The number of nitrogens with one attached hydrogen (secondary N) is 2. The molecule has 4 aromatic rings. The molecule has 3 N–H and O–H groups in total. The zero-order chi connectivity index (χ0) is 37.9. The molecular weight excluding hydrogens is 675 g/mol. The highest BCUT2D eigenvalue weighted by atomic mass is 32.3. The quantitative estimate of drug-likeness (QED) is 0.115. The predicted octanol–water partition coefficient (Wildman–Crippen LogP) is 7.24. The maximum absolute atomic E-state index is 14.7. The Labute approximate surface area is 308 Å². The number of anilines is 2. The van der Waals surface area contributed by atoms with Crippen LogP contribution in [0.15, 0.2) is 59.8 Å². The zero-order valence-corrected chi connectivity index (χ0v) is 32.9. The molecule has 0 unspecified atom stereocenters. The van der Waals surface area contributed by atoms with Crippen molar-refractivity contribution in [2.24, 2.45) is 5.41 Å². The summed E-state index contributed by atoms with van der Waals surface area (Å²) in [6.45, 7) is 11.4. The van der Waals surface area contributed by atoms with Crippen molar-refractivity contribution in [1.29, 1.82) is 0 Å². The molecular formula is C40H55N7O4S. The van der Waals surface area contributed by atoms with Crippen molar-refractivity contribution in [2.45, 2.75) is 96.7 Å². The summed E-state index contributed by atoms with van der Waals surface area (Å²) >= 11 is 0. The first-order valence-electron chi connectivity index (χ1n) is 17.9. The molecule has 1 saturated carbocycles. The van der Waals surface area contributed by atoms with Crippen LogP contribution >= 0.6 is 0 Å². The molecule has 1 aliphatic carbocycles. The van der Waals surface area contributed by atoms with Crippen molar-refractivity contribution in [1.82, 2.24) is 25.3 Å². The first kappa shape index (κ1) is 38.8. The van der Waals surface area contributed by atoms with E-state index in [-0.39, 0.29) is 23.0 Å². The van der Waals surface area contributed by atoms with Crippen LogP contribution < -0.4 is 19.7 Å². The van der Waals surface area contributed by atoms with Gasteiger partial charge in [0.05, 0.1) is 30.3 Å². The van der Waals surface area contributed by atoms with E-state index < -0.39 is 15.2 Å². The molecule has 11 nitrogen and oxygen atoms in total. The van der Waals surface area contributed by atoms with E-state index in [0.717, 1.165) is 41.0 Å². The summed E-state index contributed by atoms with van der Waals surface area (Å²) in [7, 11) is -0.162. The number of hydrogen-bond acceptors (Lipinski definition) is 9. The highest BCUT2D eigenvalue weighted by molar-refractivity contribution is 8.19. The SMILES string of the molecule is COc1c(CC[C@@H](CC(C)(C)C)NCc2cncc(N(C)C3CCC3)n2)nc(NS(C)(C)(=O)c2cccc(C(=O)O)c2)nc1-c1c(C)cccc1C. The fourth-order valence-corrected chi connectivity index (χ4v) is 8.48. The second-order valence-corrected chi connectivity index (χ2v) is 20.2. The largest absolute Gasteiger partial charge is 0.493 e. The third-order valence-corrected chi connectivity index (χ3v) is 12.2. The molecule has 0 amide bonds. The Hall–Kier alpha value is -4.42. The van der Waals surface area contributed by atoms with Crippen molar-refractivity contribution < 1.29 is 18.8 Å². The summed E-state index contributed by atoms with van der Waals surface area (Å²) in [5, 5.41) is 13.4. The molecule has 2 heterocycles. The number of aromatic nitrogens is 4. The summed E-state index contributed by atoms with van der Waals surface area (Å²) in [5.74, 6) is 0.556. The van der Waals surface area contributed by atoms with Crippen LogP contribution in [0.2, 0.25) is 0 Å². The molecule has 52 heavy (non-hydrogen) atoms. The molecule has 280 valence electrons. The van der Waals surface area contributed by atoms with Crippen LogP contribution in [0.3, 0.4) is 0 Å². The average molecular weight is 730 g/mol. The van der Waals surface area contributed by atoms with E-state index in [1.165, 1.54) is 31.4 Å². The number of rotatable bonds is 15. The van der Waals surface area contributed by atoms with Gasteiger partial charge in [-0.3, -0.25) is 13.9 Å². The van der Waals surface area contributed by atoms with Crippen molar-refractivity contribution in [2.75, 3.05) is 36.3 Å². The lowest BCUT2D eigenvalue weighted by Crippen LogP contribution is -2.39. The van der Waals surface area contributed by atoms with Gasteiger partial charge in [0.1, 0.15) is 11.5 Å². The molecule has 1 fully saturated rings. The van der Waals surface area contributed by atoms with Gasteiger partial charge in [-0.2, -0.15) is 0 Å². The maximum Gasteiger partial charge on any atom is 0.335 e. The number of carboxylic acid groups (broad SMARTS) is 1. The third kappa shape index (κ3) is 9.32. The van der Waals surface area contributed by atoms with Crippen LogP contribution in [0.1, 0.15) is 85.7 Å². The number of methoxy groups -OCH3 is 1. The van der Waals surface area contributed by atoms with Crippen molar-refractivity contribution >= 4 is 27.0 Å². The minimum atomic E-state index is -3.89. The van der Waals surface area contributed by atoms with Crippen LogP contribution in [0.5, 0.6) is 5.75 Å². The third-order valence-electron chi connectivity index (χ3n) is 9.83. The summed E-state index contributed by atoms with van der Waals surface area (Å²) in [6.07, 6.45) is 12.7. The smallest absolute Gasteiger partial charge is 0.335 e. The Morgan fingerprint density at radius 3 is 2.37 bits per heavy atom. The van der Waals surface area contributed by atoms with E-state index in [0.29, 0.717) is 41.0 Å². The number of ether oxygens (including phenoxy) is 1. The highest BCUT2D eigenvalue weighted by Gasteiger charge is 2.31. The van der Waals surface area contributed by atoms with Crippen LogP contribution in [-0.2, 0) is 22.2 Å². The summed E-state index contributed by atoms with van der Waals surface area (Å²) in [5.41, 5.74) is 5.25. The van der Waals surface area contributed by atoms with Crippen molar-refractivity contribution in [3.05, 3.63) is 82.9 Å². The Balaban J connectivity index is 1.49. The first-order valence-corrected chi connectivity index (χ1v) is 20.7. The fourth-order valence-electron chi connectivity index (χ4n) is 6.79. The molecule has 0 spiro atoms. The molecule has 1 atom stereocenters. The van der Waals surface area contributed by atoms with E-state index >= 15 is 0 Å². The van der Waals surface area contributed by atoms with Crippen molar-refractivity contribution in [3.63, 3.8) is 0 Å². The number of benzene rings is 2. The van der Waals surface area contributed by atoms with Gasteiger partial charge < -0.3 is 20.1 Å². The fraction of sp³-hybridized carbons (Fsp3) is 0.475. The Morgan fingerprint density at radius 2 is 1.75 bits per heavy atom.